The molecule has 5 aromatic rings. The molecule has 2 aromatic carbocycles. The highest BCUT2D eigenvalue weighted by Gasteiger charge is 2.41. The molecule has 0 N–H and O–H groups in total. The van der Waals surface area contributed by atoms with Crippen molar-refractivity contribution in [3.8, 4) is 22.5 Å². The van der Waals surface area contributed by atoms with E-state index in [0.717, 1.165) is 16.6 Å². The van der Waals surface area contributed by atoms with Crippen LogP contribution >= 0.6 is 0 Å². The van der Waals surface area contributed by atoms with Gasteiger partial charge in [-0.25, -0.2) is 4.79 Å². The van der Waals surface area contributed by atoms with Crippen molar-refractivity contribution in [3.05, 3.63) is 131 Å². The average Bonchev–Trinajstić information content (AvgIpc) is 2.90. The van der Waals surface area contributed by atoms with E-state index in [-0.39, 0.29) is 11.7 Å². The number of rotatable bonds is 1. The first-order valence-electron chi connectivity index (χ1n) is 12.5. The van der Waals surface area contributed by atoms with E-state index in [1.54, 1.807) is 0 Å². The van der Waals surface area contributed by atoms with E-state index < -0.39 is 0 Å². The maximum absolute atomic E-state index is 13.2. The molecule has 2 aliphatic heterocycles. The van der Waals surface area contributed by atoms with Gasteiger partial charge >= 0.3 is 5.63 Å². The fraction of sp³-hybridized carbons (Fsp3) is 0.156. The van der Waals surface area contributed by atoms with Gasteiger partial charge in [-0.2, -0.15) is 9.13 Å². The number of aromatic nitrogens is 2. The molecule has 7 rings (SSSR count). The summed E-state index contributed by atoms with van der Waals surface area (Å²) in [6, 6.07) is 29.3. The molecule has 2 unspecified atom stereocenters. The molecular weight excluding hydrogens is 444 g/mol. The molecule has 0 saturated carbocycles. The van der Waals surface area contributed by atoms with E-state index in [1.165, 1.54) is 22.4 Å². The van der Waals surface area contributed by atoms with Gasteiger partial charge in [0, 0.05) is 41.1 Å². The molecule has 4 heteroatoms. The van der Waals surface area contributed by atoms with Crippen LogP contribution in [0.25, 0.3) is 33.5 Å². The Bertz CT molecular complexity index is 1750. The summed E-state index contributed by atoms with van der Waals surface area (Å²) in [5.74, 6) is 0.302. The second-order valence-electron chi connectivity index (χ2n) is 9.75. The summed E-state index contributed by atoms with van der Waals surface area (Å²) < 4.78 is 10.4. The van der Waals surface area contributed by atoms with Crippen LogP contribution in [0.1, 0.15) is 30.0 Å². The van der Waals surface area contributed by atoms with Crippen molar-refractivity contribution in [2.75, 3.05) is 0 Å². The van der Waals surface area contributed by atoms with Gasteiger partial charge in [0.1, 0.15) is 11.1 Å². The number of allylic oxidation sites excluding steroid dienone is 2. The quantitative estimate of drug-likeness (QED) is 0.183. The minimum atomic E-state index is -0.278. The molecule has 3 aromatic heterocycles. The van der Waals surface area contributed by atoms with Crippen molar-refractivity contribution in [2.24, 2.45) is 0 Å². The van der Waals surface area contributed by atoms with Crippen LogP contribution in [0.4, 0.5) is 0 Å². The van der Waals surface area contributed by atoms with E-state index in [0.29, 0.717) is 30.0 Å². The summed E-state index contributed by atoms with van der Waals surface area (Å²) in [5, 5.41) is 0.995. The largest absolute Gasteiger partial charge is 0.422 e. The molecule has 0 radical (unpaired) electrons. The smallest absolute Gasteiger partial charge is 0.350 e. The Balaban J connectivity index is 1.48. The van der Waals surface area contributed by atoms with Gasteiger partial charge in [0.2, 0.25) is 11.4 Å². The molecule has 0 aliphatic carbocycles. The lowest BCUT2D eigenvalue weighted by atomic mass is 9.80. The van der Waals surface area contributed by atoms with Crippen molar-refractivity contribution in [1.29, 1.82) is 0 Å². The minimum absolute atomic E-state index is 0.171. The van der Waals surface area contributed by atoms with Gasteiger partial charge in [0.05, 0.1) is 5.57 Å². The van der Waals surface area contributed by atoms with E-state index in [4.69, 9.17) is 4.42 Å². The third-order valence-electron chi connectivity index (χ3n) is 7.81. The first kappa shape index (κ1) is 21.0. The molecule has 0 amide bonds. The molecule has 0 saturated heterocycles. The summed E-state index contributed by atoms with van der Waals surface area (Å²) in [7, 11) is 0. The predicted molar refractivity (Wildman–Crippen MR) is 139 cm³/mol. The summed E-state index contributed by atoms with van der Waals surface area (Å²) >= 11 is 0. The molecule has 174 valence electrons. The van der Waals surface area contributed by atoms with Crippen molar-refractivity contribution in [3.63, 3.8) is 0 Å². The number of hydrogen-bond donors (Lipinski definition) is 0. The highest BCUT2D eigenvalue weighted by atomic mass is 16.4. The van der Waals surface area contributed by atoms with Crippen molar-refractivity contribution >= 4 is 11.0 Å². The lowest BCUT2D eigenvalue weighted by Gasteiger charge is -2.29. The van der Waals surface area contributed by atoms with Crippen LogP contribution in [0.5, 0.6) is 0 Å². The zero-order valence-electron chi connectivity index (χ0n) is 20.1. The topological polar surface area (TPSA) is 38.0 Å². The van der Waals surface area contributed by atoms with Crippen LogP contribution in [0, 0.1) is 0 Å². The molecule has 2 atom stereocenters. The number of pyridine rings is 2. The average molecular weight is 471 g/mol. The van der Waals surface area contributed by atoms with E-state index in [2.05, 4.69) is 83.1 Å². The monoisotopic (exact) mass is 470 g/mol. The van der Waals surface area contributed by atoms with Gasteiger partial charge in [0.25, 0.3) is 0 Å². The maximum atomic E-state index is 13.2. The Kier molecular flexibility index (Phi) is 4.74. The fourth-order valence-corrected chi connectivity index (χ4v) is 6.20. The number of benzene rings is 2. The second kappa shape index (κ2) is 8.13. The lowest BCUT2D eigenvalue weighted by molar-refractivity contribution is -0.722. The van der Waals surface area contributed by atoms with Gasteiger partial charge < -0.3 is 4.42 Å². The first-order chi connectivity index (χ1) is 17.7. The second-order valence-corrected chi connectivity index (χ2v) is 9.75. The summed E-state index contributed by atoms with van der Waals surface area (Å²) in [5.41, 5.74) is 8.22. The molecule has 5 heterocycles. The molecule has 0 spiro atoms. The van der Waals surface area contributed by atoms with Gasteiger partial charge in [-0.15, -0.1) is 0 Å². The van der Waals surface area contributed by atoms with Crippen LogP contribution in [-0.4, -0.2) is 0 Å². The third-order valence-corrected chi connectivity index (χ3v) is 7.81. The van der Waals surface area contributed by atoms with Gasteiger partial charge in [-0.05, 0) is 41.8 Å². The fourth-order valence-electron chi connectivity index (χ4n) is 6.20. The highest BCUT2D eigenvalue weighted by molar-refractivity contribution is 5.86. The maximum Gasteiger partial charge on any atom is 0.350 e. The van der Waals surface area contributed by atoms with Crippen LogP contribution in [0.2, 0.25) is 0 Å². The number of hydrogen-bond acceptors (Lipinski definition) is 2. The SMILES string of the molecule is CC1c2ccccc2-c2cccc[n+]2C1/C1=C/Cc2c(c(=O)oc3ccccc23)-c2cccc[n+]2C1. The third kappa shape index (κ3) is 3.11. The minimum Gasteiger partial charge on any atom is -0.422 e. The molecule has 4 nitrogen and oxygen atoms in total. The first-order valence-corrected chi connectivity index (χ1v) is 12.5. The number of nitrogens with zero attached hydrogens (tertiary/aromatic N) is 2. The van der Waals surface area contributed by atoms with Crippen LogP contribution in [-0.2, 0) is 13.0 Å². The Labute approximate surface area is 209 Å². The van der Waals surface area contributed by atoms with E-state index in [1.807, 2.05) is 36.4 Å². The summed E-state index contributed by atoms with van der Waals surface area (Å²) in [6.45, 7) is 3.04. The van der Waals surface area contributed by atoms with Crippen LogP contribution in [0.3, 0.4) is 0 Å². The van der Waals surface area contributed by atoms with Crippen LogP contribution < -0.4 is 14.8 Å². The highest BCUT2D eigenvalue weighted by Crippen LogP contribution is 2.41. The number of para-hydroxylation sites is 1. The van der Waals surface area contributed by atoms with Gasteiger partial charge in [-0.3, -0.25) is 0 Å². The Morgan fingerprint density at radius 2 is 1.58 bits per heavy atom. The summed E-state index contributed by atoms with van der Waals surface area (Å²) in [6.07, 6.45) is 7.32. The van der Waals surface area contributed by atoms with E-state index >= 15 is 0 Å². The molecule has 36 heavy (non-hydrogen) atoms. The number of fused-ring (bicyclic) bond motifs is 8. The van der Waals surface area contributed by atoms with Crippen molar-refractivity contribution in [2.45, 2.75) is 31.8 Å². The Morgan fingerprint density at radius 1 is 0.833 bits per heavy atom. The van der Waals surface area contributed by atoms with Crippen molar-refractivity contribution < 1.29 is 13.6 Å². The van der Waals surface area contributed by atoms with E-state index in [9.17, 15) is 4.79 Å². The summed E-state index contributed by atoms with van der Waals surface area (Å²) in [4.78, 5) is 13.2. The van der Waals surface area contributed by atoms with Gasteiger partial charge in [0.15, 0.2) is 25.0 Å². The zero-order chi connectivity index (χ0) is 24.2. The Hall–Kier alpha value is -4.31. The molecule has 0 fully saturated rings. The van der Waals surface area contributed by atoms with Gasteiger partial charge in [-0.1, -0.05) is 49.4 Å². The zero-order valence-corrected chi connectivity index (χ0v) is 20.1. The normalized spacial score (nSPS) is 19.6. The lowest BCUT2D eigenvalue weighted by Crippen LogP contribution is -2.50. The molecule has 2 aliphatic rings. The van der Waals surface area contributed by atoms with Crippen LogP contribution in [0.15, 0.2) is 118 Å². The standard InChI is InChI=1S/C32H26N2O2/c1-21-23-10-2-3-11-24(23)27-13-7-9-19-34(27)31(21)22-16-17-26-25-12-4-5-15-29(25)36-32(35)30(26)28-14-6-8-18-33(28)20-22/h2-16,18-19,21,31H,17,20H2,1H3/q+2/b22-16+. The Morgan fingerprint density at radius 3 is 2.50 bits per heavy atom. The molecular formula is C32H26N2O2+2. The predicted octanol–water partition coefficient (Wildman–Crippen LogP) is 5.54. The van der Waals surface area contributed by atoms with Crippen molar-refractivity contribution in [1.82, 2.24) is 0 Å². The molecule has 0 bridgehead atoms.